The summed E-state index contributed by atoms with van der Waals surface area (Å²) in [5, 5.41) is 0. The average molecular weight is 203 g/mol. The number of rotatable bonds is 4. The third-order valence-corrected chi connectivity index (χ3v) is 2.12. The van der Waals surface area contributed by atoms with Gasteiger partial charge in [0.05, 0.1) is 6.54 Å². The van der Waals surface area contributed by atoms with E-state index in [0.29, 0.717) is 6.54 Å². The number of amides is 1. The Balaban J connectivity index is 2.67. The van der Waals surface area contributed by atoms with Crippen LogP contribution >= 0.6 is 0 Å². The number of allylic oxidation sites excluding steroid dienone is 1. The second-order valence-corrected chi connectivity index (χ2v) is 3.43. The molecule has 0 N–H and O–H groups in total. The van der Waals surface area contributed by atoms with E-state index in [0.717, 1.165) is 12.0 Å². The summed E-state index contributed by atoms with van der Waals surface area (Å²) in [6.45, 7) is 4.28. The summed E-state index contributed by atoms with van der Waals surface area (Å²) in [5.74, 6) is 0.0727. The SMILES string of the molecule is CCC=CN(Cc1ccccc1)C(C)=O. The fraction of sp³-hybridized carbons (Fsp3) is 0.308. The summed E-state index contributed by atoms with van der Waals surface area (Å²) in [6.07, 6.45) is 4.79. The quantitative estimate of drug-likeness (QED) is 0.736. The van der Waals surface area contributed by atoms with Crippen molar-refractivity contribution >= 4 is 5.91 Å². The molecule has 2 heteroatoms. The van der Waals surface area contributed by atoms with Crippen LogP contribution in [0.5, 0.6) is 0 Å². The van der Waals surface area contributed by atoms with Crippen molar-refractivity contribution in [2.75, 3.05) is 0 Å². The summed E-state index contributed by atoms with van der Waals surface area (Å²) in [4.78, 5) is 13.0. The number of hydrogen-bond donors (Lipinski definition) is 0. The summed E-state index contributed by atoms with van der Waals surface area (Å²) in [7, 11) is 0. The second kappa shape index (κ2) is 6.02. The van der Waals surface area contributed by atoms with E-state index in [1.165, 1.54) is 0 Å². The summed E-state index contributed by atoms with van der Waals surface area (Å²) in [5.41, 5.74) is 1.15. The van der Waals surface area contributed by atoms with Gasteiger partial charge in [0, 0.05) is 13.1 Å². The van der Waals surface area contributed by atoms with Crippen LogP contribution in [0.3, 0.4) is 0 Å². The molecular weight excluding hydrogens is 186 g/mol. The van der Waals surface area contributed by atoms with Crippen LogP contribution in [0.1, 0.15) is 25.8 Å². The van der Waals surface area contributed by atoms with Crippen LogP contribution in [-0.4, -0.2) is 10.8 Å². The highest BCUT2D eigenvalue weighted by atomic mass is 16.2. The van der Waals surface area contributed by atoms with Gasteiger partial charge in [0.25, 0.3) is 0 Å². The van der Waals surface area contributed by atoms with Gasteiger partial charge in [-0.25, -0.2) is 0 Å². The third-order valence-electron chi connectivity index (χ3n) is 2.12. The zero-order valence-corrected chi connectivity index (χ0v) is 9.31. The molecule has 0 atom stereocenters. The van der Waals surface area contributed by atoms with E-state index in [-0.39, 0.29) is 5.91 Å². The van der Waals surface area contributed by atoms with Crippen LogP contribution in [0.4, 0.5) is 0 Å². The van der Waals surface area contributed by atoms with Crippen molar-refractivity contribution in [3.05, 3.63) is 48.2 Å². The monoisotopic (exact) mass is 203 g/mol. The molecule has 2 nitrogen and oxygen atoms in total. The van der Waals surface area contributed by atoms with Crippen molar-refractivity contribution in [1.29, 1.82) is 0 Å². The van der Waals surface area contributed by atoms with E-state index in [9.17, 15) is 4.79 Å². The van der Waals surface area contributed by atoms with Gasteiger partial charge in [-0.15, -0.1) is 0 Å². The molecule has 0 aliphatic rings. The number of carbonyl (C=O) groups is 1. The molecule has 0 fully saturated rings. The molecule has 0 aliphatic carbocycles. The molecule has 15 heavy (non-hydrogen) atoms. The van der Waals surface area contributed by atoms with Crippen LogP contribution in [0.2, 0.25) is 0 Å². The van der Waals surface area contributed by atoms with E-state index >= 15 is 0 Å². The number of hydrogen-bond acceptors (Lipinski definition) is 1. The summed E-state index contributed by atoms with van der Waals surface area (Å²) >= 11 is 0. The molecule has 0 spiro atoms. The van der Waals surface area contributed by atoms with Crippen molar-refractivity contribution in [3.8, 4) is 0 Å². The maximum Gasteiger partial charge on any atom is 0.223 e. The van der Waals surface area contributed by atoms with Gasteiger partial charge < -0.3 is 4.90 Å². The van der Waals surface area contributed by atoms with Crippen molar-refractivity contribution in [2.45, 2.75) is 26.8 Å². The minimum atomic E-state index is 0.0727. The molecule has 1 amide bonds. The maximum absolute atomic E-state index is 11.3. The Morgan fingerprint density at radius 3 is 2.53 bits per heavy atom. The van der Waals surface area contributed by atoms with Gasteiger partial charge in [-0.05, 0) is 12.0 Å². The molecule has 0 saturated heterocycles. The van der Waals surface area contributed by atoms with Gasteiger partial charge in [-0.3, -0.25) is 4.79 Å². The minimum absolute atomic E-state index is 0.0727. The molecule has 0 radical (unpaired) electrons. The topological polar surface area (TPSA) is 20.3 Å². The highest BCUT2D eigenvalue weighted by molar-refractivity contribution is 5.74. The lowest BCUT2D eigenvalue weighted by molar-refractivity contribution is -0.126. The smallest absolute Gasteiger partial charge is 0.223 e. The summed E-state index contributed by atoms with van der Waals surface area (Å²) in [6, 6.07) is 9.99. The first-order valence-corrected chi connectivity index (χ1v) is 5.22. The average Bonchev–Trinajstić information content (AvgIpc) is 2.25. The molecule has 0 bridgehead atoms. The van der Waals surface area contributed by atoms with Gasteiger partial charge in [-0.2, -0.15) is 0 Å². The van der Waals surface area contributed by atoms with Gasteiger partial charge in [0.15, 0.2) is 0 Å². The lowest BCUT2D eigenvalue weighted by Gasteiger charge is -2.16. The molecule has 0 heterocycles. The highest BCUT2D eigenvalue weighted by Crippen LogP contribution is 2.05. The zero-order chi connectivity index (χ0) is 11.1. The molecule has 1 rings (SSSR count). The number of carbonyl (C=O) groups excluding carboxylic acids is 1. The zero-order valence-electron chi connectivity index (χ0n) is 9.31. The largest absolute Gasteiger partial charge is 0.315 e. The lowest BCUT2D eigenvalue weighted by atomic mass is 10.2. The second-order valence-electron chi connectivity index (χ2n) is 3.43. The van der Waals surface area contributed by atoms with E-state index in [1.807, 2.05) is 42.6 Å². The normalized spacial score (nSPS) is 10.5. The van der Waals surface area contributed by atoms with Crippen molar-refractivity contribution < 1.29 is 4.79 Å². The van der Waals surface area contributed by atoms with Gasteiger partial charge in [0.1, 0.15) is 0 Å². The van der Waals surface area contributed by atoms with E-state index in [2.05, 4.69) is 6.92 Å². The molecule has 1 aromatic rings. The first-order chi connectivity index (χ1) is 7.24. The predicted molar refractivity (Wildman–Crippen MR) is 62.1 cm³/mol. The van der Waals surface area contributed by atoms with Gasteiger partial charge in [-0.1, -0.05) is 43.3 Å². The minimum Gasteiger partial charge on any atom is -0.315 e. The number of benzene rings is 1. The molecule has 0 unspecified atom stereocenters. The molecule has 0 aromatic heterocycles. The van der Waals surface area contributed by atoms with E-state index < -0.39 is 0 Å². The van der Waals surface area contributed by atoms with Crippen molar-refractivity contribution in [3.63, 3.8) is 0 Å². The molecule has 0 saturated carbocycles. The van der Waals surface area contributed by atoms with E-state index in [4.69, 9.17) is 0 Å². The fourth-order valence-corrected chi connectivity index (χ4v) is 1.28. The van der Waals surface area contributed by atoms with Crippen LogP contribution in [-0.2, 0) is 11.3 Å². The third kappa shape index (κ3) is 3.98. The van der Waals surface area contributed by atoms with Crippen LogP contribution in [0, 0.1) is 0 Å². The van der Waals surface area contributed by atoms with E-state index in [1.54, 1.807) is 11.8 Å². The Hall–Kier alpha value is -1.57. The van der Waals surface area contributed by atoms with Crippen LogP contribution < -0.4 is 0 Å². The van der Waals surface area contributed by atoms with Crippen LogP contribution in [0.15, 0.2) is 42.6 Å². The molecule has 1 aromatic carbocycles. The lowest BCUT2D eigenvalue weighted by Crippen LogP contribution is -2.22. The molecule has 0 aliphatic heterocycles. The summed E-state index contributed by atoms with van der Waals surface area (Å²) < 4.78 is 0. The Labute approximate surface area is 91.2 Å². The number of nitrogens with zero attached hydrogens (tertiary/aromatic N) is 1. The Bertz CT molecular complexity index is 330. The van der Waals surface area contributed by atoms with Crippen LogP contribution in [0.25, 0.3) is 0 Å². The predicted octanol–water partition coefficient (Wildman–Crippen LogP) is 2.96. The highest BCUT2D eigenvalue weighted by Gasteiger charge is 2.04. The molecule has 80 valence electrons. The van der Waals surface area contributed by atoms with Crippen molar-refractivity contribution in [2.24, 2.45) is 0 Å². The Morgan fingerprint density at radius 1 is 1.33 bits per heavy atom. The molecular formula is C13H17NO. The standard InChI is InChI=1S/C13H17NO/c1-3-4-10-14(12(2)15)11-13-8-6-5-7-9-13/h4-10H,3,11H2,1-2H3. The van der Waals surface area contributed by atoms with Crippen molar-refractivity contribution in [1.82, 2.24) is 4.90 Å². The van der Waals surface area contributed by atoms with Gasteiger partial charge in [0.2, 0.25) is 5.91 Å². The first-order valence-electron chi connectivity index (χ1n) is 5.22. The Morgan fingerprint density at radius 2 is 2.00 bits per heavy atom. The maximum atomic E-state index is 11.3. The Kier molecular flexibility index (Phi) is 4.61. The first kappa shape index (κ1) is 11.5. The fourth-order valence-electron chi connectivity index (χ4n) is 1.28. The van der Waals surface area contributed by atoms with Gasteiger partial charge >= 0.3 is 0 Å².